The van der Waals surface area contributed by atoms with Crippen molar-refractivity contribution >= 4 is 41.6 Å². The first-order valence-corrected chi connectivity index (χ1v) is 15.2. The molecule has 0 bridgehead atoms. The minimum Gasteiger partial charge on any atom is -0.494 e. The predicted molar refractivity (Wildman–Crippen MR) is 183 cm³/mol. The fraction of sp³-hybridized carbons (Fsp3) is 0.400. The largest absolute Gasteiger partial charge is 0.494 e. The lowest BCUT2D eigenvalue weighted by molar-refractivity contribution is -0.132. The molecule has 1 aliphatic rings. The molecule has 8 nitrogen and oxygen atoms in total. The minimum absolute atomic E-state index is 0. The number of benzene rings is 2. The molecule has 1 amide bonds. The normalized spacial score (nSPS) is 13.6. The highest BCUT2D eigenvalue weighted by molar-refractivity contribution is 5.85. The molecule has 0 unspecified atom stereocenters. The van der Waals surface area contributed by atoms with Gasteiger partial charge in [-0.1, -0.05) is 30.3 Å². The van der Waals surface area contributed by atoms with E-state index in [4.69, 9.17) is 9.47 Å². The second kappa shape index (κ2) is 17.9. The fourth-order valence-electron chi connectivity index (χ4n) is 5.57. The molecule has 0 saturated carbocycles. The highest BCUT2D eigenvalue weighted by Gasteiger charge is 2.22. The van der Waals surface area contributed by atoms with Gasteiger partial charge >= 0.3 is 0 Å². The Morgan fingerprint density at radius 2 is 1.82 bits per heavy atom. The maximum atomic E-state index is 13.5. The lowest BCUT2D eigenvalue weighted by atomic mass is 10.1. The molecule has 4 aromatic rings. The number of carbonyl (C=O) groups excluding carboxylic acids is 1. The van der Waals surface area contributed by atoms with E-state index in [9.17, 15) is 9.59 Å². The molecule has 0 N–H and O–H groups in total. The summed E-state index contributed by atoms with van der Waals surface area (Å²) in [6.07, 6.45) is 6.95. The lowest BCUT2D eigenvalue weighted by Gasteiger charge is -2.33. The van der Waals surface area contributed by atoms with E-state index in [1.807, 2.05) is 59.6 Å². The molecule has 5 rings (SSSR count). The van der Waals surface area contributed by atoms with Gasteiger partial charge in [-0.2, -0.15) is 0 Å². The molecule has 3 heterocycles. The molecule has 1 aliphatic heterocycles. The van der Waals surface area contributed by atoms with Gasteiger partial charge in [0.15, 0.2) is 0 Å². The van der Waals surface area contributed by atoms with Gasteiger partial charge in [-0.3, -0.25) is 14.6 Å². The number of fused-ring (bicyclic) bond motifs is 1. The van der Waals surface area contributed by atoms with Crippen LogP contribution in [-0.2, 0) is 29.7 Å². The van der Waals surface area contributed by atoms with Crippen LogP contribution in [0.25, 0.3) is 10.9 Å². The molecule has 0 aliphatic carbocycles. The standard InChI is InChI=1S/C35H42N4O4.2ClH/c1-27-7-3-4-9-30(27)25-39(21-20-38-18-15-31(16-19-38)43-26-28-8-5-17-36-24-28)35(41)10-6-22-42-32-12-13-33-29(23-32)11-14-34(40)37(33)2;;/h3-5,7-9,11-14,17,23-24,31H,6,10,15-16,18-22,25-26H2,1-2H3;2*1H. The first-order chi connectivity index (χ1) is 21.0. The number of amides is 1. The zero-order valence-corrected chi connectivity index (χ0v) is 27.7. The summed E-state index contributed by atoms with van der Waals surface area (Å²) in [5, 5.41) is 0.948. The molecular weight excluding hydrogens is 611 g/mol. The third-order valence-electron chi connectivity index (χ3n) is 8.30. The number of hydrogen-bond acceptors (Lipinski definition) is 6. The van der Waals surface area contributed by atoms with Gasteiger partial charge in [-0.15, -0.1) is 24.8 Å². The van der Waals surface area contributed by atoms with Crippen LogP contribution in [0.1, 0.15) is 42.4 Å². The topological polar surface area (TPSA) is 76.9 Å². The van der Waals surface area contributed by atoms with E-state index in [0.29, 0.717) is 39.1 Å². The van der Waals surface area contributed by atoms with Gasteiger partial charge in [-0.05, 0) is 73.2 Å². The van der Waals surface area contributed by atoms with E-state index in [1.54, 1.807) is 23.9 Å². The van der Waals surface area contributed by atoms with E-state index in [2.05, 4.69) is 28.9 Å². The molecule has 1 fully saturated rings. The minimum atomic E-state index is -0.0368. The number of hydrogen-bond donors (Lipinski definition) is 0. The number of pyridine rings is 2. The first-order valence-electron chi connectivity index (χ1n) is 15.2. The van der Waals surface area contributed by atoms with E-state index in [1.165, 1.54) is 11.1 Å². The van der Waals surface area contributed by atoms with Crippen molar-refractivity contribution in [3.8, 4) is 5.75 Å². The number of aromatic nitrogens is 2. The quantitative estimate of drug-likeness (QED) is 0.166. The highest BCUT2D eigenvalue weighted by atomic mass is 35.5. The van der Waals surface area contributed by atoms with Crippen LogP contribution in [0, 0.1) is 6.92 Å². The molecule has 2 aromatic heterocycles. The van der Waals surface area contributed by atoms with Crippen molar-refractivity contribution in [1.29, 1.82) is 0 Å². The Morgan fingerprint density at radius 3 is 2.58 bits per heavy atom. The molecule has 2 aromatic carbocycles. The Balaban J connectivity index is 0.00000276. The molecule has 1 saturated heterocycles. The maximum Gasteiger partial charge on any atom is 0.250 e. The molecule has 0 atom stereocenters. The number of piperidine rings is 1. The summed E-state index contributed by atoms with van der Waals surface area (Å²) in [7, 11) is 1.77. The van der Waals surface area contributed by atoms with Crippen molar-refractivity contribution in [2.24, 2.45) is 7.05 Å². The van der Waals surface area contributed by atoms with Crippen LogP contribution in [0.2, 0.25) is 0 Å². The first kappa shape index (κ1) is 36.0. The Kier molecular flexibility index (Phi) is 14.3. The van der Waals surface area contributed by atoms with Crippen molar-refractivity contribution in [1.82, 2.24) is 19.4 Å². The van der Waals surface area contributed by atoms with Gasteiger partial charge in [0.2, 0.25) is 5.91 Å². The van der Waals surface area contributed by atoms with Crippen molar-refractivity contribution in [2.45, 2.75) is 51.9 Å². The Morgan fingerprint density at radius 1 is 1.02 bits per heavy atom. The summed E-state index contributed by atoms with van der Waals surface area (Å²) in [6.45, 7) is 7.25. The Bertz CT molecular complexity index is 1560. The van der Waals surface area contributed by atoms with Crippen molar-refractivity contribution < 1.29 is 14.3 Å². The average molecular weight is 656 g/mol. The molecule has 242 valence electrons. The summed E-state index contributed by atoms with van der Waals surface area (Å²) in [5.41, 5.74) is 4.31. The van der Waals surface area contributed by atoms with E-state index in [0.717, 1.165) is 54.7 Å². The van der Waals surface area contributed by atoms with E-state index in [-0.39, 0.29) is 42.4 Å². The fourth-order valence-corrected chi connectivity index (χ4v) is 5.57. The van der Waals surface area contributed by atoms with Gasteiger partial charge in [0.25, 0.3) is 5.56 Å². The Hall–Kier alpha value is -3.43. The van der Waals surface area contributed by atoms with Gasteiger partial charge in [0, 0.05) is 70.0 Å². The van der Waals surface area contributed by atoms with Crippen LogP contribution in [0.15, 0.2) is 83.9 Å². The zero-order valence-electron chi connectivity index (χ0n) is 26.1. The number of carbonyl (C=O) groups is 1. The second-order valence-corrected chi connectivity index (χ2v) is 11.4. The number of halogens is 2. The number of rotatable bonds is 13. The molecule has 10 heteroatoms. The van der Waals surface area contributed by atoms with E-state index >= 15 is 0 Å². The summed E-state index contributed by atoms with van der Waals surface area (Å²) in [5.74, 6) is 0.887. The molecule has 0 spiro atoms. The molecule has 0 radical (unpaired) electrons. The number of aryl methyl sites for hydroxylation is 2. The number of ether oxygens (including phenoxy) is 2. The van der Waals surface area contributed by atoms with Crippen LogP contribution in [-0.4, -0.2) is 64.1 Å². The third kappa shape index (κ3) is 10.3. The van der Waals surface area contributed by atoms with Crippen molar-refractivity contribution in [2.75, 3.05) is 32.8 Å². The lowest BCUT2D eigenvalue weighted by Crippen LogP contribution is -2.43. The summed E-state index contributed by atoms with van der Waals surface area (Å²) >= 11 is 0. The average Bonchev–Trinajstić information content (AvgIpc) is 3.04. The van der Waals surface area contributed by atoms with Crippen LogP contribution < -0.4 is 10.3 Å². The molecule has 45 heavy (non-hydrogen) atoms. The maximum absolute atomic E-state index is 13.5. The Labute approximate surface area is 278 Å². The zero-order chi connectivity index (χ0) is 30.0. The van der Waals surface area contributed by atoms with Gasteiger partial charge < -0.3 is 23.8 Å². The number of likely N-dealkylation sites (tertiary alicyclic amines) is 1. The molecular formula is C35H44Cl2N4O4. The van der Waals surface area contributed by atoms with Gasteiger partial charge in [0.1, 0.15) is 5.75 Å². The van der Waals surface area contributed by atoms with Crippen LogP contribution in [0.5, 0.6) is 5.75 Å². The van der Waals surface area contributed by atoms with Crippen molar-refractivity contribution in [3.63, 3.8) is 0 Å². The van der Waals surface area contributed by atoms with Crippen LogP contribution >= 0.6 is 24.8 Å². The smallest absolute Gasteiger partial charge is 0.250 e. The van der Waals surface area contributed by atoms with E-state index < -0.39 is 0 Å². The van der Waals surface area contributed by atoms with Gasteiger partial charge in [-0.25, -0.2) is 0 Å². The van der Waals surface area contributed by atoms with Crippen LogP contribution in [0.4, 0.5) is 0 Å². The SMILES string of the molecule is Cc1ccccc1CN(CCN1CCC(OCc2cccnc2)CC1)C(=O)CCCOc1ccc2c(ccc(=O)n2C)c1.Cl.Cl. The third-order valence-corrected chi connectivity index (χ3v) is 8.30. The highest BCUT2D eigenvalue weighted by Crippen LogP contribution is 2.20. The monoisotopic (exact) mass is 654 g/mol. The van der Waals surface area contributed by atoms with Crippen LogP contribution in [0.3, 0.4) is 0 Å². The summed E-state index contributed by atoms with van der Waals surface area (Å²) in [6, 6.07) is 21.4. The summed E-state index contributed by atoms with van der Waals surface area (Å²) in [4.78, 5) is 34.0. The second-order valence-electron chi connectivity index (χ2n) is 11.4. The number of nitrogens with zero attached hydrogens (tertiary/aromatic N) is 4. The van der Waals surface area contributed by atoms with Gasteiger partial charge in [0.05, 0.1) is 24.8 Å². The van der Waals surface area contributed by atoms with Crippen molar-refractivity contribution in [3.05, 3.63) is 106 Å². The predicted octanol–water partition coefficient (Wildman–Crippen LogP) is 5.95. The summed E-state index contributed by atoms with van der Waals surface area (Å²) < 4.78 is 13.7.